The number of pyridine rings is 1. The van der Waals surface area contributed by atoms with E-state index in [1.165, 1.54) is 18.2 Å². The van der Waals surface area contributed by atoms with E-state index in [9.17, 15) is 22.8 Å². The molecule has 0 radical (unpaired) electrons. The van der Waals surface area contributed by atoms with Crippen molar-refractivity contribution in [3.63, 3.8) is 0 Å². The van der Waals surface area contributed by atoms with Crippen LogP contribution in [0.2, 0.25) is 0 Å². The molecule has 0 bridgehead atoms. The van der Waals surface area contributed by atoms with Crippen LogP contribution in [0, 0.1) is 5.92 Å². The highest BCUT2D eigenvalue weighted by Gasteiger charge is 2.30. The first-order valence-electron chi connectivity index (χ1n) is 10.5. The van der Waals surface area contributed by atoms with Crippen LogP contribution in [0.25, 0.3) is 0 Å². The highest BCUT2D eigenvalue weighted by atomic mass is 19.4. The second kappa shape index (κ2) is 9.58. The van der Waals surface area contributed by atoms with Gasteiger partial charge in [-0.05, 0) is 42.9 Å². The van der Waals surface area contributed by atoms with Gasteiger partial charge < -0.3 is 14.6 Å². The quantitative estimate of drug-likeness (QED) is 0.722. The van der Waals surface area contributed by atoms with Crippen LogP contribution in [0.5, 0.6) is 5.75 Å². The molecule has 2 heterocycles. The van der Waals surface area contributed by atoms with Crippen LogP contribution in [0.1, 0.15) is 60.3 Å². The summed E-state index contributed by atoms with van der Waals surface area (Å²) in [6.45, 7) is 4.93. The van der Waals surface area contributed by atoms with Crippen molar-refractivity contribution in [3.8, 4) is 5.75 Å². The van der Waals surface area contributed by atoms with E-state index in [0.29, 0.717) is 36.4 Å². The summed E-state index contributed by atoms with van der Waals surface area (Å²) in [5, 5.41) is 2.78. The predicted octanol–water partition coefficient (Wildman–Crippen LogP) is 4.56. The number of carbonyl (C=O) groups excluding carboxylic acids is 1. The van der Waals surface area contributed by atoms with E-state index >= 15 is 0 Å². The zero-order chi connectivity index (χ0) is 22.6. The number of aromatic nitrogens is 1. The minimum Gasteiger partial charge on any atom is -0.492 e. The van der Waals surface area contributed by atoms with Crippen LogP contribution >= 0.6 is 0 Å². The second-order valence-electron chi connectivity index (χ2n) is 8.21. The van der Waals surface area contributed by atoms with Crippen LogP contribution in [-0.4, -0.2) is 17.1 Å². The van der Waals surface area contributed by atoms with E-state index in [1.54, 1.807) is 4.57 Å². The second-order valence-corrected chi connectivity index (χ2v) is 8.21. The molecule has 0 spiro atoms. The molecule has 0 saturated carbocycles. The lowest BCUT2D eigenvalue weighted by Gasteiger charge is -2.19. The molecule has 168 valence electrons. The number of hydrogen-bond donors (Lipinski definition) is 1. The molecule has 0 unspecified atom stereocenters. The smallest absolute Gasteiger partial charge is 0.416 e. The highest BCUT2D eigenvalue weighted by molar-refractivity contribution is 5.98. The fourth-order valence-electron chi connectivity index (χ4n) is 3.61. The number of nitrogens with zero attached hydrogens (tertiary/aromatic N) is 1. The summed E-state index contributed by atoms with van der Waals surface area (Å²) in [5.74, 6) is 0.0747. The normalized spacial score (nSPS) is 14.1. The first-order chi connectivity index (χ1) is 14.7. The third-order valence-corrected chi connectivity index (χ3v) is 5.21. The monoisotopic (exact) mass is 436 g/mol. The third-order valence-electron chi connectivity index (χ3n) is 5.21. The fraction of sp³-hybridized carbons (Fsp3) is 0.478. The zero-order valence-electron chi connectivity index (χ0n) is 17.7. The van der Waals surface area contributed by atoms with E-state index in [4.69, 9.17) is 4.74 Å². The van der Waals surface area contributed by atoms with E-state index in [-0.39, 0.29) is 23.8 Å². The Morgan fingerprint density at radius 2 is 1.87 bits per heavy atom. The van der Waals surface area contributed by atoms with Crippen LogP contribution in [-0.2, 0) is 25.7 Å². The lowest BCUT2D eigenvalue weighted by Crippen LogP contribution is -2.31. The lowest BCUT2D eigenvalue weighted by molar-refractivity contribution is -0.137. The number of alkyl halides is 3. The van der Waals surface area contributed by atoms with Gasteiger partial charge in [0.1, 0.15) is 11.3 Å². The molecular formula is C23H27F3N2O3. The first kappa shape index (κ1) is 22.9. The number of ether oxygens (including phenoxy) is 1. The van der Waals surface area contributed by atoms with Crippen LogP contribution in [0.3, 0.4) is 0 Å². The molecule has 1 amide bonds. The number of amides is 1. The summed E-state index contributed by atoms with van der Waals surface area (Å²) < 4.78 is 45.7. The van der Waals surface area contributed by atoms with Gasteiger partial charge >= 0.3 is 6.18 Å². The van der Waals surface area contributed by atoms with Crippen molar-refractivity contribution < 1.29 is 22.7 Å². The van der Waals surface area contributed by atoms with Crippen molar-refractivity contribution in [3.05, 3.63) is 63.1 Å². The van der Waals surface area contributed by atoms with Crippen molar-refractivity contribution in [2.45, 2.75) is 58.8 Å². The molecule has 8 heteroatoms. The predicted molar refractivity (Wildman–Crippen MR) is 111 cm³/mol. The number of hydrogen-bond acceptors (Lipinski definition) is 3. The van der Waals surface area contributed by atoms with Crippen molar-refractivity contribution in [1.82, 2.24) is 9.88 Å². The first-order valence-corrected chi connectivity index (χ1v) is 10.5. The third kappa shape index (κ3) is 5.68. The maximum atomic E-state index is 13.1. The van der Waals surface area contributed by atoms with Gasteiger partial charge in [-0.25, -0.2) is 0 Å². The minimum absolute atomic E-state index is 0.0686. The van der Waals surface area contributed by atoms with Gasteiger partial charge in [0.05, 0.1) is 12.2 Å². The molecule has 3 rings (SSSR count). The van der Waals surface area contributed by atoms with Gasteiger partial charge in [0.25, 0.3) is 11.5 Å². The zero-order valence-corrected chi connectivity index (χ0v) is 17.7. The van der Waals surface area contributed by atoms with Crippen molar-refractivity contribution in [2.24, 2.45) is 5.92 Å². The summed E-state index contributed by atoms with van der Waals surface area (Å²) in [6.07, 6.45) is -1.11. The Kier molecular flexibility index (Phi) is 7.08. The van der Waals surface area contributed by atoms with Gasteiger partial charge in [0.15, 0.2) is 0 Å². The van der Waals surface area contributed by atoms with Gasteiger partial charge in [-0.1, -0.05) is 32.4 Å². The standard InChI is InChI=1S/C23H27F3N2O3/c1-15(2)14-31-19-12-20(29)28-11-5-3-4-6-18(28)21(19)22(30)27-13-16-7-9-17(10-8-16)23(24,25)26/h7-10,12,15H,3-6,11,13-14H2,1-2H3,(H,27,30). The van der Waals surface area contributed by atoms with E-state index < -0.39 is 17.6 Å². The number of halogens is 3. The number of rotatable bonds is 6. The summed E-state index contributed by atoms with van der Waals surface area (Å²) in [6, 6.07) is 6.04. The SMILES string of the molecule is CC(C)COc1cc(=O)n2c(c1C(=O)NCc1ccc(C(F)(F)F)cc1)CCCCC2. The van der Waals surface area contributed by atoms with Crippen molar-refractivity contribution >= 4 is 5.91 Å². The molecule has 31 heavy (non-hydrogen) atoms. The molecule has 0 atom stereocenters. The van der Waals surface area contributed by atoms with Crippen LogP contribution < -0.4 is 15.6 Å². The topological polar surface area (TPSA) is 60.3 Å². The Balaban J connectivity index is 1.86. The molecule has 0 aliphatic carbocycles. The molecular weight excluding hydrogens is 409 g/mol. The average Bonchev–Trinajstić information content (AvgIpc) is 2.96. The lowest BCUT2D eigenvalue weighted by atomic mass is 10.1. The molecule has 5 nitrogen and oxygen atoms in total. The molecule has 0 saturated heterocycles. The number of carbonyl (C=O) groups is 1. The van der Waals surface area contributed by atoms with Crippen molar-refractivity contribution in [2.75, 3.05) is 6.61 Å². The van der Waals surface area contributed by atoms with Crippen LogP contribution in [0.15, 0.2) is 35.1 Å². The molecule has 1 N–H and O–H groups in total. The molecule has 1 aromatic heterocycles. The van der Waals surface area contributed by atoms with Gasteiger partial charge in [0.2, 0.25) is 0 Å². The summed E-state index contributed by atoms with van der Waals surface area (Å²) in [5.41, 5.74) is 0.627. The number of benzene rings is 1. The van der Waals surface area contributed by atoms with Gasteiger partial charge in [0, 0.05) is 24.8 Å². The average molecular weight is 436 g/mol. The molecule has 2 aromatic rings. The summed E-state index contributed by atoms with van der Waals surface area (Å²) >= 11 is 0. The molecule has 1 aromatic carbocycles. The molecule has 1 aliphatic heterocycles. The molecule has 0 fully saturated rings. The van der Waals surface area contributed by atoms with E-state index in [1.807, 2.05) is 13.8 Å². The summed E-state index contributed by atoms with van der Waals surface area (Å²) in [7, 11) is 0. The van der Waals surface area contributed by atoms with E-state index in [0.717, 1.165) is 31.4 Å². The van der Waals surface area contributed by atoms with Crippen LogP contribution in [0.4, 0.5) is 13.2 Å². The number of fused-ring (bicyclic) bond motifs is 1. The van der Waals surface area contributed by atoms with Crippen molar-refractivity contribution in [1.29, 1.82) is 0 Å². The van der Waals surface area contributed by atoms with Gasteiger partial charge in [-0.15, -0.1) is 0 Å². The Morgan fingerprint density at radius 1 is 1.16 bits per heavy atom. The largest absolute Gasteiger partial charge is 0.492 e. The fourth-order valence-corrected chi connectivity index (χ4v) is 3.61. The molecule has 1 aliphatic rings. The Bertz CT molecular complexity index is 979. The Hall–Kier alpha value is -2.77. The maximum absolute atomic E-state index is 13.1. The maximum Gasteiger partial charge on any atom is 0.416 e. The summed E-state index contributed by atoms with van der Waals surface area (Å²) in [4.78, 5) is 25.7. The van der Waals surface area contributed by atoms with Gasteiger partial charge in [-0.2, -0.15) is 13.2 Å². The van der Waals surface area contributed by atoms with E-state index in [2.05, 4.69) is 5.32 Å². The van der Waals surface area contributed by atoms with Gasteiger partial charge in [-0.3, -0.25) is 9.59 Å². The highest BCUT2D eigenvalue weighted by Crippen LogP contribution is 2.29. The number of nitrogens with one attached hydrogen (secondary N) is 1. The Morgan fingerprint density at radius 3 is 2.52 bits per heavy atom. The minimum atomic E-state index is -4.40. The Labute approximate surface area is 179 Å².